The molecule has 1 atom stereocenters. The molecule has 2 aromatic carbocycles. The molecule has 0 spiro atoms. The number of aromatic nitrogens is 1. The largest absolute Gasteiger partial charge is 0.507 e. The minimum absolute atomic E-state index is 0.0183. The zero-order valence-corrected chi connectivity index (χ0v) is 17.7. The Morgan fingerprint density at radius 3 is 2.41 bits per heavy atom. The zero-order chi connectivity index (χ0) is 22.7. The molecule has 1 saturated heterocycles. The van der Waals surface area contributed by atoms with Crippen LogP contribution in [0.1, 0.15) is 22.7 Å². The Morgan fingerprint density at radius 2 is 1.75 bits per heavy atom. The second-order valence-corrected chi connectivity index (χ2v) is 7.29. The molecule has 3 aromatic rings. The van der Waals surface area contributed by atoms with Crippen molar-refractivity contribution >= 4 is 17.4 Å². The molecule has 1 aliphatic rings. The summed E-state index contributed by atoms with van der Waals surface area (Å²) in [6, 6.07) is 16.7. The highest BCUT2D eigenvalue weighted by atomic mass is 16.5. The van der Waals surface area contributed by atoms with E-state index in [1.54, 1.807) is 68.0 Å². The standard InChI is InChI=1S/C25H22N2O5/c1-31-19-10-8-16(9-11-19)15-27-22(18-6-4-12-26-14-18)21(24(29)25(27)30)23(28)17-5-3-7-20(13-17)32-2/h3-14,22,28H,15H2,1-2H3/b23-21-. The van der Waals surface area contributed by atoms with E-state index in [1.807, 2.05) is 12.1 Å². The number of hydrogen-bond donors (Lipinski definition) is 1. The fourth-order valence-corrected chi connectivity index (χ4v) is 3.78. The molecular formula is C25H22N2O5. The lowest BCUT2D eigenvalue weighted by Crippen LogP contribution is -2.29. The van der Waals surface area contributed by atoms with Crippen molar-refractivity contribution in [2.45, 2.75) is 12.6 Å². The van der Waals surface area contributed by atoms with Crippen LogP contribution in [-0.4, -0.2) is 40.9 Å². The van der Waals surface area contributed by atoms with Gasteiger partial charge in [0.15, 0.2) is 0 Å². The fraction of sp³-hybridized carbons (Fsp3) is 0.160. The Morgan fingerprint density at radius 1 is 1.00 bits per heavy atom. The van der Waals surface area contributed by atoms with Gasteiger partial charge < -0.3 is 19.5 Å². The van der Waals surface area contributed by atoms with Crippen molar-refractivity contribution in [3.8, 4) is 11.5 Å². The first-order valence-electron chi connectivity index (χ1n) is 9.99. The molecule has 0 radical (unpaired) electrons. The summed E-state index contributed by atoms with van der Waals surface area (Å²) in [5.74, 6) is -0.461. The average Bonchev–Trinajstić information content (AvgIpc) is 3.09. The Hall–Kier alpha value is -4.13. The van der Waals surface area contributed by atoms with E-state index in [-0.39, 0.29) is 17.9 Å². The highest BCUT2D eigenvalue weighted by Crippen LogP contribution is 2.40. The second kappa shape index (κ2) is 8.93. The first kappa shape index (κ1) is 21.1. The highest BCUT2D eigenvalue weighted by Gasteiger charge is 2.46. The smallest absolute Gasteiger partial charge is 0.295 e. The van der Waals surface area contributed by atoms with Gasteiger partial charge in [-0.1, -0.05) is 30.3 Å². The van der Waals surface area contributed by atoms with Gasteiger partial charge in [-0.3, -0.25) is 14.6 Å². The summed E-state index contributed by atoms with van der Waals surface area (Å²) < 4.78 is 10.4. The fourth-order valence-electron chi connectivity index (χ4n) is 3.78. The van der Waals surface area contributed by atoms with Crippen LogP contribution in [0, 0.1) is 0 Å². The van der Waals surface area contributed by atoms with E-state index >= 15 is 0 Å². The Balaban J connectivity index is 1.81. The van der Waals surface area contributed by atoms with E-state index in [2.05, 4.69) is 4.98 Å². The maximum absolute atomic E-state index is 13.1. The molecule has 7 heteroatoms. The van der Waals surface area contributed by atoms with Crippen molar-refractivity contribution in [2.24, 2.45) is 0 Å². The molecule has 1 aliphatic heterocycles. The molecular weight excluding hydrogens is 408 g/mol. The number of carbonyl (C=O) groups is 2. The highest BCUT2D eigenvalue weighted by molar-refractivity contribution is 6.46. The molecule has 1 amide bonds. The monoisotopic (exact) mass is 430 g/mol. The van der Waals surface area contributed by atoms with Crippen LogP contribution in [0.4, 0.5) is 0 Å². The minimum atomic E-state index is -0.781. The van der Waals surface area contributed by atoms with E-state index in [0.717, 1.165) is 5.56 Å². The second-order valence-electron chi connectivity index (χ2n) is 7.29. The van der Waals surface area contributed by atoms with Crippen LogP contribution in [-0.2, 0) is 16.1 Å². The molecule has 7 nitrogen and oxygen atoms in total. The number of likely N-dealkylation sites (tertiary alicyclic amines) is 1. The van der Waals surface area contributed by atoms with Crippen LogP contribution in [0.25, 0.3) is 5.76 Å². The third kappa shape index (κ3) is 3.92. The van der Waals surface area contributed by atoms with Crippen molar-refractivity contribution in [3.63, 3.8) is 0 Å². The van der Waals surface area contributed by atoms with Gasteiger partial charge in [-0.2, -0.15) is 0 Å². The first-order valence-corrected chi connectivity index (χ1v) is 9.99. The number of benzene rings is 2. The number of aliphatic hydroxyl groups excluding tert-OH is 1. The van der Waals surface area contributed by atoms with E-state index in [4.69, 9.17) is 9.47 Å². The molecule has 0 bridgehead atoms. The Bertz CT molecular complexity index is 1170. The van der Waals surface area contributed by atoms with E-state index in [9.17, 15) is 14.7 Å². The molecule has 1 N–H and O–H groups in total. The van der Waals surface area contributed by atoms with Gasteiger partial charge in [-0.25, -0.2) is 0 Å². The van der Waals surface area contributed by atoms with Crippen LogP contribution >= 0.6 is 0 Å². The van der Waals surface area contributed by atoms with Crippen LogP contribution in [0.2, 0.25) is 0 Å². The summed E-state index contributed by atoms with van der Waals surface area (Å²) >= 11 is 0. The minimum Gasteiger partial charge on any atom is -0.507 e. The van der Waals surface area contributed by atoms with Gasteiger partial charge in [0.1, 0.15) is 17.3 Å². The van der Waals surface area contributed by atoms with Crippen LogP contribution in [0.3, 0.4) is 0 Å². The van der Waals surface area contributed by atoms with Crippen molar-refractivity contribution in [2.75, 3.05) is 14.2 Å². The maximum atomic E-state index is 13.1. The third-order valence-electron chi connectivity index (χ3n) is 5.40. The number of hydrogen-bond acceptors (Lipinski definition) is 6. The molecule has 0 aliphatic carbocycles. The maximum Gasteiger partial charge on any atom is 0.295 e. The Kier molecular flexibility index (Phi) is 5.89. The van der Waals surface area contributed by atoms with Crippen LogP contribution < -0.4 is 9.47 Å². The molecule has 162 valence electrons. The number of nitrogens with zero attached hydrogens (tertiary/aromatic N) is 2. The number of Topliss-reactive ketones (excluding diaryl/α,β-unsaturated/α-hetero) is 1. The van der Waals surface area contributed by atoms with Gasteiger partial charge in [0.2, 0.25) is 0 Å². The predicted octanol–water partition coefficient (Wildman–Crippen LogP) is 3.72. The van der Waals surface area contributed by atoms with Crippen LogP contribution in [0.5, 0.6) is 11.5 Å². The molecule has 4 rings (SSSR count). The first-order chi connectivity index (χ1) is 15.5. The van der Waals surface area contributed by atoms with Gasteiger partial charge in [0, 0.05) is 24.5 Å². The zero-order valence-electron chi connectivity index (χ0n) is 17.7. The predicted molar refractivity (Wildman–Crippen MR) is 118 cm³/mol. The number of carbonyl (C=O) groups excluding carboxylic acids is 2. The molecule has 2 heterocycles. The van der Waals surface area contributed by atoms with Crippen molar-refractivity contribution in [1.29, 1.82) is 0 Å². The van der Waals surface area contributed by atoms with E-state index in [0.29, 0.717) is 22.6 Å². The van der Waals surface area contributed by atoms with Gasteiger partial charge in [-0.05, 0) is 41.5 Å². The molecule has 1 aromatic heterocycles. The lowest BCUT2D eigenvalue weighted by Gasteiger charge is -2.25. The van der Waals surface area contributed by atoms with Gasteiger partial charge >= 0.3 is 0 Å². The topological polar surface area (TPSA) is 89.0 Å². The van der Waals surface area contributed by atoms with Crippen molar-refractivity contribution in [1.82, 2.24) is 9.88 Å². The van der Waals surface area contributed by atoms with Crippen molar-refractivity contribution in [3.05, 3.63) is 95.3 Å². The quantitative estimate of drug-likeness (QED) is 0.364. The summed E-state index contributed by atoms with van der Waals surface area (Å²) in [5, 5.41) is 11.1. The number of amides is 1. The summed E-state index contributed by atoms with van der Waals surface area (Å²) in [6.07, 6.45) is 3.21. The van der Waals surface area contributed by atoms with Crippen molar-refractivity contribution < 1.29 is 24.2 Å². The Labute approximate surface area is 185 Å². The molecule has 0 saturated carbocycles. The molecule has 32 heavy (non-hydrogen) atoms. The number of methoxy groups -OCH3 is 2. The van der Waals surface area contributed by atoms with E-state index in [1.165, 1.54) is 12.0 Å². The molecule has 1 unspecified atom stereocenters. The average molecular weight is 430 g/mol. The SMILES string of the molecule is COc1ccc(CN2C(=O)C(=O)/C(=C(\O)c3cccc(OC)c3)C2c2cccnc2)cc1. The summed E-state index contributed by atoms with van der Waals surface area (Å²) in [4.78, 5) is 31.7. The van der Waals surface area contributed by atoms with Gasteiger partial charge in [-0.15, -0.1) is 0 Å². The normalized spacial score (nSPS) is 17.4. The number of ether oxygens (including phenoxy) is 2. The lowest BCUT2D eigenvalue weighted by molar-refractivity contribution is -0.140. The van der Waals surface area contributed by atoms with Gasteiger partial charge in [0.05, 0.1) is 25.8 Å². The number of ketones is 1. The number of rotatable bonds is 6. The number of aliphatic hydroxyl groups is 1. The molecule has 1 fully saturated rings. The summed E-state index contributed by atoms with van der Waals surface area (Å²) in [6.45, 7) is 0.184. The summed E-state index contributed by atoms with van der Waals surface area (Å²) in [7, 11) is 3.09. The number of pyridine rings is 1. The third-order valence-corrected chi connectivity index (χ3v) is 5.40. The van der Waals surface area contributed by atoms with Gasteiger partial charge in [0.25, 0.3) is 11.7 Å². The lowest BCUT2D eigenvalue weighted by atomic mass is 9.96. The van der Waals surface area contributed by atoms with E-state index < -0.39 is 17.7 Å². The van der Waals surface area contributed by atoms with Crippen LogP contribution in [0.15, 0.2) is 78.6 Å². The summed E-state index contributed by atoms with van der Waals surface area (Å²) in [5.41, 5.74) is 1.86.